The number of ketones is 1. The molecule has 1 heterocycles. The van der Waals surface area contributed by atoms with Crippen molar-refractivity contribution in [2.45, 2.75) is 55.5 Å². The van der Waals surface area contributed by atoms with Gasteiger partial charge in [-0.05, 0) is 56.3 Å². The first kappa shape index (κ1) is 14.5. The molecule has 0 amide bonds. The zero-order valence-corrected chi connectivity index (χ0v) is 14.7. The molecular weight excluding hydrogens is 292 g/mol. The van der Waals surface area contributed by atoms with Gasteiger partial charge in [-0.15, -0.1) is 23.5 Å². The van der Waals surface area contributed by atoms with E-state index in [1.807, 2.05) is 0 Å². The summed E-state index contributed by atoms with van der Waals surface area (Å²) >= 11 is 4.25. The minimum atomic E-state index is -1.56. The lowest BCUT2D eigenvalue weighted by Crippen LogP contribution is -2.47. The van der Waals surface area contributed by atoms with Crippen LogP contribution in [0.3, 0.4) is 0 Å². The van der Waals surface area contributed by atoms with E-state index in [0.717, 1.165) is 19.3 Å². The summed E-state index contributed by atoms with van der Waals surface area (Å²) < 4.78 is 6.70. The largest absolute Gasteiger partial charge is 0.414 e. The van der Waals surface area contributed by atoms with Crippen LogP contribution in [0.2, 0.25) is 19.6 Å². The average Bonchev–Trinajstić information content (AvgIpc) is 2.66. The van der Waals surface area contributed by atoms with Crippen molar-refractivity contribution in [3.05, 3.63) is 0 Å². The van der Waals surface area contributed by atoms with Crippen molar-refractivity contribution >= 4 is 37.6 Å². The van der Waals surface area contributed by atoms with Crippen LogP contribution in [0, 0.1) is 11.8 Å². The number of carbonyl (C=O) groups is 1. The minimum Gasteiger partial charge on any atom is -0.414 e. The number of thioether (sulfide) groups is 2. The van der Waals surface area contributed by atoms with Gasteiger partial charge in [0.25, 0.3) is 0 Å². The van der Waals surface area contributed by atoms with Gasteiger partial charge >= 0.3 is 0 Å². The lowest BCUT2D eigenvalue weighted by Gasteiger charge is -2.47. The highest BCUT2D eigenvalue weighted by Gasteiger charge is 2.56. The van der Waals surface area contributed by atoms with Crippen molar-refractivity contribution < 1.29 is 9.22 Å². The third kappa shape index (κ3) is 2.81. The smallest absolute Gasteiger partial charge is 0.184 e. The van der Waals surface area contributed by atoms with Gasteiger partial charge in [0.15, 0.2) is 8.32 Å². The Kier molecular flexibility index (Phi) is 3.87. The Morgan fingerprint density at radius 2 is 1.95 bits per heavy atom. The summed E-state index contributed by atoms with van der Waals surface area (Å²) in [6, 6.07) is 0. The van der Waals surface area contributed by atoms with E-state index < -0.39 is 8.32 Å². The van der Waals surface area contributed by atoms with Crippen molar-refractivity contribution in [2.24, 2.45) is 11.8 Å². The number of rotatable bonds is 2. The first-order chi connectivity index (χ1) is 8.90. The third-order valence-electron chi connectivity index (χ3n) is 4.44. The van der Waals surface area contributed by atoms with E-state index in [1.54, 1.807) is 0 Å². The average molecular weight is 317 g/mol. The molecule has 5 heteroatoms. The van der Waals surface area contributed by atoms with Crippen LogP contribution < -0.4 is 0 Å². The molecule has 0 aromatic rings. The first-order valence-corrected chi connectivity index (χ1v) is 12.8. The summed E-state index contributed by atoms with van der Waals surface area (Å²) in [5.74, 6) is 3.84. The van der Waals surface area contributed by atoms with Crippen LogP contribution in [0.1, 0.15) is 25.7 Å². The third-order valence-corrected chi connectivity index (χ3v) is 9.12. The van der Waals surface area contributed by atoms with Crippen molar-refractivity contribution in [1.82, 2.24) is 0 Å². The normalized spacial score (nSPS) is 37.8. The van der Waals surface area contributed by atoms with Crippen molar-refractivity contribution in [2.75, 3.05) is 11.5 Å². The summed E-state index contributed by atoms with van der Waals surface area (Å²) in [5.41, 5.74) is 0. The quantitative estimate of drug-likeness (QED) is 0.724. The number of fused-ring (bicyclic) bond motifs is 3. The minimum absolute atomic E-state index is 0.205. The Balaban J connectivity index is 1.83. The molecule has 2 nitrogen and oxygen atoms in total. The lowest BCUT2D eigenvalue weighted by atomic mass is 9.85. The Morgan fingerprint density at radius 1 is 1.26 bits per heavy atom. The molecule has 19 heavy (non-hydrogen) atoms. The molecule has 1 aliphatic heterocycles. The second-order valence-corrected chi connectivity index (χ2v) is 14.6. The summed E-state index contributed by atoms with van der Waals surface area (Å²) in [5, 5.41) is 0. The van der Waals surface area contributed by atoms with E-state index >= 15 is 0 Å². The molecule has 3 aliphatic rings. The maximum Gasteiger partial charge on any atom is 0.184 e. The van der Waals surface area contributed by atoms with Crippen LogP contribution in [0.4, 0.5) is 0 Å². The van der Waals surface area contributed by atoms with Gasteiger partial charge in [-0.2, -0.15) is 0 Å². The number of Topliss-reactive ketones (excluding diaryl/α,β-unsaturated/α-hetero) is 1. The van der Waals surface area contributed by atoms with E-state index in [9.17, 15) is 4.79 Å². The highest BCUT2D eigenvalue weighted by Crippen LogP contribution is 2.60. The zero-order valence-electron chi connectivity index (χ0n) is 12.1. The summed E-state index contributed by atoms with van der Waals surface area (Å²) in [7, 11) is -1.56. The van der Waals surface area contributed by atoms with E-state index in [2.05, 4.69) is 43.2 Å². The molecule has 3 rings (SSSR count). The Morgan fingerprint density at radius 3 is 2.58 bits per heavy atom. The zero-order chi connectivity index (χ0) is 13.7. The van der Waals surface area contributed by atoms with Gasteiger partial charge in [0.1, 0.15) is 5.78 Å². The molecule has 3 atom stereocenters. The van der Waals surface area contributed by atoms with Crippen LogP contribution in [0.25, 0.3) is 0 Å². The second-order valence-electron chi connectivity index (χ2n) is 7.04. The maximum absolute atomic E-state index is 12.3. The number of carbonyl (C=O) groups excluding carboxylic acids is 1. The predicted molar refractivity (Wildman–Crippen MR) is 86.3 cm³/mol. The molecule has 0 unspecified atom stereocenters. The lowest BCUT2D eigenvalue weighted by molar-refractivity contribution is -0.123. The van der Waals surface area contributed by atoms with Crippen LogP contribution in [0.15, 0.2) is 0 Å². The van der Waals surface area contributed by atoms with E-state index in [4.69, 9.17) is 4.43 Å². The molecule has 3 fully saturated rings. The van der Waals surface area contributed by atoms with E-state index in [-0.39, 0.29) is 12.0 Å². The summed E-state index contributed by atoms with van der Waals surface area (Å²) in [6.45, 7) is 6.73. The van der Waals surface area contributed by atoms with E-state index in [0.29, 0.717) is 15.8 Å². The molecule has 0 aromatic carbocycles. The standard InChI is InChI=1S/C14H24O2S2Si/c1-19(2,3)16-13-9-14(17-5-4-6-18-14)10-7-11(13)12(15)8-10/h10-11,13H,4-9H2,1-3H3/t10-,11-,13+/m1/s1. The Hall–Kier alpha value is 0.547. The molecule has 2 aliphatic carbocycles. The Bertz CT molecular complexity index is 374. The predicted octanol–water partition coefficient (Wildman–Crippen LogP) is 3.77. The molecule has 0 radical (unpaired) electrons. The van der Waals surface area contributed by atoms with E-state index in [1.165, 1.54) is 17.9 Å². The van der Waals surface area contributed by atoms with Crippen molar-refractivity contribution in [1.29, 1.82) is 0 Å². The van der Waals surface area contributed by atoms with Crippen molar-refractivity contribution in [3.8, 4) is 0 Å². The van der Waals surface area contributed by atoms with Crippen LogP contribution in [-0.4, -0.2) is 35.8 Å². The summed E-state index contributed by atoms with van der Waals surface area (Å²) in [6.07, 6.45) is 4.54. The van der Waals surface area contributed by atoms with Gasteiger partial charge in [0, 0.05) is 12.3 Å². The van der Waals surface area contributed by atoms with Gasteiger partial charge in [-0.3, -0.25) is 4.79 Å². The molecule has 108 valence electrons. The second kappa shape index (κ2) is 5.07. The van der Waals surface area contributed by atoms with Gasteiger partial charge in [0.05, 0.1) is 10.2 Å². The topological polar surface area (TPSA) is 26.3 Å². The highest BCUT2D eigenvalue weighted by molar-refractivity contribution is 8.18. The maximum atomic E-state index is 12.3. The highest BCUT2D eigenvalue weighted by atomic mass is 32.2. The fourth-order valence-electron chi connectivity index (χ4n) is 3.72. The molecule has 1 saturated heterocycles. The molecule has 1 spiro atoms. The Labute approximate surface area is 125 Å². The van der Waals surface area contributed by atoms with Crippen LogP contribution in [0.5, 0.6) is 0 Å². The monoisotopic (exact) mass is 316 g/mol. The number of hydrogen-bond donors (Lipinski definition) is 0. The van der Waals surface area contributed by atoms with Gasteiger partial charge in [-0.25, -0.2) is 0 Å². The molecular formula is C14H24O2S2Si. The molecule has 2 bridgehead atoms. The molecule has 2 saturated carbocycles. The van der Waals surface area contributed by atoms with Crippen molar-refractivity contribution in [3.63, 3.8) is 0 Å². The number of hydrogen-bond acceptors (Lipinski definition) is 4. The SMILES string of the molecule is C[Si](C)(C)O[C@H]1CC2(SCCCS2)[C@H]2CC(=O)[C@H]1C2. The first-order valence-electron chi connectivity index (χ1n) is 7.38. The summed E-state index contributed by atoms with van der Waals surface area (Å²) in [4.78, 5) is 12.3. The van der Waals surface area contributed by atoms with Crippen LogP contribution in [-0.2, 0) is 9.22 Å². The van der Waals surface area contributed by atoms with Gasteiger partial charge in [0.2, 0.25) is 0 Å². The molecule has 0 N–H and O–H groups in total. The van der Waals surface area contributed by atoms with Crippen LogP contribution >= 0.6 is 23.5 Å². The molecule has 0 aromatic heterocycles. The van der Waals surface area contributed by atoms with Gasteiger partial charge in [-0.1, -0.05) is 0 Å². The fourth-order valence-corrected chi connectivity index (χ4v) is 8.56. The van der Waals surface area contributed by atoms with Gasteiger partial charge < -0.3 is 4.43 Å². The fraction of sp³-hybridized carbons (Fsp3) is 0.929.